The largest absolute Gasteiger partial charge is 0.416 e. The minimum atomic E-state index is -4.41. The lowest BCUT2D eigenvalue weighted by atomic mass is 10.1. The molecular weight excluding hydrogens is 391 g/mol. The van der Waals surface area contributed by atoms with Gasteiger partial charge in [0, 0.05) is 5.69 Å². The molecule has 0 unspecified atom stereocenters. The monoisotopic (exact) mass is 407 g/mol. The summed E-state index contributed by atoms with van der Waals surface area (Å²) in [5.41, 5.74) is 2.42. The number of amides is 1. The van der Waals surface area contributed by atoms with Gasteiger partial charge in [-0.2, -0.15) is 17.9 Å². The predicted octanol–water partition coefficient (Wildman–Crippen LogP) is 4.03. The molecule has 3 rings (SSSR count). The molecule has 1 heterocycles. The van der Waals surface area contributed by atoms with Crippen LogP contribution in [0.15, 0.2) is 47.6 Å². The van der Waals surface area contributed by atoms with Gasteiger partial charge in [0.15, 0.2) is 0 Å². The van der Waals surface area contributed by atoms with Gasteiger partial charge in [-0.15, -0.1) is 5.10 Å². The zero-order chi connectivity index (χ0) is 20.3. The molecule has 0 aliphatic carbocycles. The summed E-state index contributed by atoms with van der Waals surface area (Å²) >= 11 is 1.13. The topological polar surface area (TPSA) is 72.7 Å². The molecule has 0 radical (unpaired) electrons. The first-order chi connectivity index (χ1) is 13.2. The van der Waals surface area contributed by atoms with E-state index in [9.17, 15) is 18.0 Å². The second-order valence-corrected chi connectivity index (χ2v) is 7.02. The Morgan fingerprint density at radius 2 is 1.86 bits per heavy atom. The molecule has 1 aromatic heterocycles. The number of rotatable bonds is 5. The number of anilines is 1. The number of thioether (sulfide) groups is 1. The fraction of sp³-hybridized carbons (Fsp3) is 0.222. The van der Waals surface area contributed by atoms with Crippen LogP contribution in [0.4, 0.5) is 18.9 Å². The van der Waals surface area contributed by atoms with Crippen LogP contribution < -0.4 is 5.32 Å². The van der Waals surface area contributed by atoms with Crippen LogP contribution in [-0.4, -0.2) is 31.9 Å². The van der Waals surface area contributed by atoms with Gasteiger partial charge in [-0.3, -0.25) is 4.79 Å². The molecule has 0 aliphatic rings. The van der Waals surface area contributed by atoms with Crippen LogP contribution in [0.2, 0.25) is 0 Å². The van der Waals surface area contributed by atoms with Gasteiger partial charge in [0.25, 0.3) is 0 Å². The molecule has 3 aromatic rings. The van der Waals surface area contributed by atoms with Gasteiger partial charge in [-0.25, -0.2) is 0 Å². The quantitative estimate of drug-likeness (QED) is 0.647. The summed E-state index contributed by atoms with van der Waals surface area (Å²) in [6.07, 6.45) is -4.41. The summed E-state index contributed by atoms with van der Waals surface area (Å²) in [6.45, 7) is 3.92. The van der Waals surface area contributed by atoms with E-state index in [1.165, 1.54) is 12.1 Å². The molecule has 0 bridgehead atoms. The van der Waals surface area contributed by atoms with E-state index in [2.05, 4.69) is 20.8 Å². The summed E-state index contributed by atoms with van der Waals surface area (Å²) in [7, 11) is 0. The van der Waals surface area contributed by atoms with E-state index in [0.717, 1.165) is 40.7 Å². The molecule has 0 saturated heterocycles. The maximum absolute atomic E-state index is 12.6. The minimum Gasteiger partial charge on any atom is -0.325 e. The number of alkyl halides is 3. The number of carbonyl (C=O) groups is 1. The Balaban J connectivity index is 1.64. The Bertz CT molecular complexity index is 986. The van der Waals surface area contributed by atoms with Crippen LogP contribution in [0.3, 0.4) is 0 Å². The van der Waals surface area contributed by atoms with Crippen molar-refractivity contribution in [1.29, 1.82) is 0 Å². The Labute approximate surface area is 163 Å². The van der Waals surface area contributed by atoms with Crippen molar-refractivity contribution < 1.29 is 18.0 Å². The van der Waals surface area contributed by atoms with Crippen LogP contribution in [0.5, 0.6) is 0 Å². The van der Waals surface area contributed by atoms with E-state index < -0.39 is 11.7 Å². The molecule has 6 nitrogen and oxygen atoms in total. The highest BCUT2D eigenvalue weighted by atomic mass is 32.2. The zero-order valence-corrected chi connectivity index (χ0v) is 15.8. The number of nitrogens with zero attached hydrogens (tertiary/aromatic N) is 4. The van der Waals surface area contributed by atoms with Gasteiger partial charge in [-0.1, -0.05) is 29.5 Å². The molecule has 0 spiro atoms. The van der Waals surface area contributed by atoms with E-state index in [1.807, 2.05) is 32.0 Å². The number of hydrogen-bond donors (Lipinski definition) is 1. The van der Waals surface area contributed by atoms with Gasteiger partial charge in [0.05, 0.1) is 17.0 Å². The van der Waals surface area contributed by atoms with Crippen LogP contribution in [0.1, 0.15) is 16.7 Å². The van der Waals surface area contributed by atoms with Crippen molar-refractivity contribution in [1.82, 2.24) is 20.2 Å². The Kier molecular flexibility index (Phi) is 5.68. The van der Waals surface area contributed by atoms with Gasteiger partial charge < -0.3 is 5.32 Å². The average molecular weight is 407 g/mol. The smallest absolute Gasteiger partial charge is 0.325 e. The van der Waals surface area contributed by atoms with Crippen molar-refractivity contribution in [3.8, 4) is 5.69 Å². The maximum atomic E-state index is 12.6. The number of hydrogen-bond acceptors (Lipinski definition) is 5. The lowest BCUT2D eigenvalue weighted by Crippen LogP contribution is -2.15. The molecule has 146 valence electrons. The Hall–Kier alpha value is -2.88. The summed E-state index contributed by atoms with van der Waals surface area (Å²) < 4.78 is 39.3. The van der Waals surface area contributed by atoms with Crippen molar-refractivity contribution in [2.45, 2.75) is 25.2 Å². The van der Waals surface area contributed by atoms with Crippen LogP contribution in [0.25, 0.3) is 5.69 Å². The predicted molar refractivity (Wildman–Crippen MR) is 99.4 cm³/mol. The number of tetrazole rings is 1. The van der Waals surface area contributed by atoms with Crippen LogP contribution >= 0.6 is 11.8 Å². The second-order valence-electron chi connectivity index (χ2n) is 6.08. The van der Waals surface area contributed by atoms with E-state index in [1.54, 1.807) is 4.68 Å². The first-order valence-electron chi connectivity index (χ1n) is 8.20. The fourth-order valence-electron chi connectivity index (χ4n) is 2.53. The molecule has 0 saturated carbocycles. The molecule has 0 aliphatic heterocycles. The second kappa shape index (κ2) is 8.01. The third kappa shape index (κ3) is 4.69. The fourth-order valence-corrected chi connectivity index (χ4v) is 3.22. The number of benzene rings is 2. The first kappa shape index (κ1) is 19.9. The molecular formula is C18H16F3N5OS. The van der Waals surface area contributed by atoms with Gasteiger partial charge in [-0.05, 0) is 60.2 Å². The number of nitrogens with one attached hydrogen (secondary N) is 1. The average Bonchev–Trinajstić information content (AvgIpc) is 3.08. The molecule has 28 heavy (non-hydrogen) atoms. The number of carbonyl (C=O) groups excluding carboxylic acids is 1. The zero-order valence-electron chi connectivity index (χ0n) is 15.0. The lowest BCUT2D eigenvalue weighted by molar-refractivity contribution is -0.137. The third-order valence-corrected chi connectivity index (χ3v) is 4.77. The van der Waals surface area contributed by atoms with E-state index in [-0.39, 0.29) is 17.3 Å². The van der Waals surface area contributed by atoms with Crippen molar-refractivity contribution in [2.75, 3.05) is 11.1 Å². The van der Waals surface area contributed by atoms with E-state index in [4.69, 9.17) is 0 Å². The molecule has 1 N–H and O–H groups in total. The lowest BCUT2D eigenvalue weighted by Gasteiger charge is -2.09. The number of aromatic nitrogens is 4. The highest BCUT2D eigenvalue weighted by Gasteiger charge is 2.30. The molecule has 0 atom stereocenters. The van der Waals surface area contributed by atoms with Crippen LogP contribution in [0, 0.1) is 13.8 Å². The van der Waals surface area contributed by atoms with Crippen molar-refractivity contribution in [3.63, 3.8) is 0 Å². The molecule has 10 heteroatoms. The molecule has 0 fully saturated rings. The number of aryl methyl sites for hydroxylation is 2. The van der Waals surface area contributed by atoms with Gasteiger partial charge in [0.2, 0.25) is 11.1 Å². The number of halogens is 3. The third-order valence-electron chi connectivity index (χ3n) is 3.85. The minimum absolute atomic E-state index is 0.00625. The van der Waals surface area contributed by atoms with Gasteiger partial charge >= 0.3 is 6.18 Å². The summed E-state index contributed by atoms with van der Waals surface area (Å²) in [6, 6.07) is 10.1. The van der Waals surface area contributed by atoms with E-state index in [0.29, 0.717) is 5.16 Å². The van der Waals surface area contributed by atoms with Crippen molar-refractivity contribution in [2.24, 2.45) is 0 Å². The molecule has 1 amide bonds. The summed E-state index contributed by atoms with van der Waals surface area (Å²) in [5.74, 6) is -0.369. The Morgan fingerprint density at radius 1 is 1.14 bits per heavy atom. The summed E-state index contributed by atoms with van der Waals surface area (Å²) in [5, 5.41) is 14.6. The Morgan fingerprint density at radius 3 is 2.50 bits per heavy atom. The van der Waals surface area contributed by atoms with E-state index >= 15 is 0 Å². The van der Waals surface area contributed by atoms with Crippen LogP contribution in [-0.2, 0) is 11.0 Å². The summed E-state index contributed by atoms with van der Waals surface area (Å²) in [4.78, 5) is 12.1. The first-order valence-corrected chi connectivity index (χ1v) is 9.18. The highest BCUT2D eigenvalue weighted by Crippen LogP contribution is 2.30. The van der Waals surface area contributed by atoms with Crippen molar-refractivity contribution in [3.05, 3.63) is 59.2 Å². The maximum Gasteiger partial charge on any atom is 0.416 e. The van der Waals surface area contributed by atoms with Crippen molar-refractivity contribution >= 4 is 23.4 Å². The molecule has 2 aromatic carbocycles. The SMILES string of the molecule is Cc1ccc(-n2nnnc2SCC(=O)Nc2ccc(C(F)(F)F)cc2)c(C)c1. The standard InChI is InChI=1S/C18H16F3N5OS/c1-11-3-8-15(12(2)9-11)26-17(23-24-25-26)28-10-16(27)22-14-6-4-13(5-7-14)18(19,20)21/h3-9H,10H2,1-2H3,(H,22,27). The normalized spacial score (nSPS) is 11.5. The van der Waals surface area contributed by atoms with Gasteiger partial charge in [0.1, 0.15) is 0 Å². The highest BCUT2D eigenvalue weighted by molar-refractivity contribution is 7.99.